The Bertz CT molecular complexity index is 765. The van der Waals surface area contributed by atoms with Crippen LogP contribution in [0.15, 0.2) is 27.8 Å². The van der Waals surface area contributed by atoms with Crippen LogP contribution in [0.3, 0.4) is 0 Å². The molecule has 0 radical (unpaired) electrons. The molecule has 0 aliphatic rings. The van der Waals surface area contributed by atoms with E-state index >= 15 is 0 Å². The maximum absolute atomic E-state index is 13.1. The highest BCUT2D eigenvalue weighted by Gasteiger charge is 2.13. The van der Waals surface area contributed by atoms with Gasteiger partial charge in [-0.3, -0.25) is 14.3 Å². The molecule has 20 heavy (non-hydrogen) atoms. The summed E-state index contributed by atoms with van der Waals surface area (Å²) in [7, 11) is 0. The number of nitrogens with one attached hydrogen (secondary N) is 1. The topological polar surface area (TPSA) is 75.1 Å². The number of rotatable bonds is 3. The van der Waals surface area contributed by atoms with Gasteiger partial charge in [-0.05, 0) is 24.1 Å². The number of aromatic amines is 1. The Labute approximate surface area is 112 Å². The Morgan fingerprint density at radius 2 is 1.95 bits per heavy atom. The SMILES string of the molecule is CCc1c(O)n(Cc2ccc(F)c(F)c2)c(=O)[nH]c1=O. The summed E-state index contributed by atoms with van der Waals surface area (Å²) in [6, 6.07) is 3.15. The number of H-pyrrole nitrogens is 1. The van der Waals surface area contributed by atoms with E-state index in [4.69, 9.17) is 0 Å². The predicted octanol–water partition coefficient (Wildman–Crippen LogP) is 1.13. The summed E-state index contributed by atoms with van der Waals surface area (Å²) in [6.07, 6.45) is 0.235. The maximum Gasteiger partial charge on any atom is 0.331 e. The van der Waals surface area contributed by atoms with Crippen molar-refractivity contribution in [3.63, 3.8) is 0 Å². The minimum atomic E-state index is -1.05. The first-order valence-electron chi connectivity index (χ1n) is 5.93. The van der Waals surface area contributed by atoms with E-state index in [1.165, 1.54) is 6.07 Å². The van der Waals surface area contributed by atoms with Crippen LogP contribution in [-0.2, 0) is 13.0 Å². The highest BCUT2D eigenvalue weighted by atomic mass is 19.2. The van der Waals surface area contributed by atoms with Gasteiger partial charge in [-0.2, -0.15) is 0 Å². The van der Waals surface area contributed by atoms with E-state index in [1.54, 1.807) is 6.92 Å². The van der Waals surface area contributed by atoms with Gasteiger partial charge in [-0.15, -0.1) is 0 Å². The van der Waals surface area contributed by atoms with Crippen molar-refractivity contribution in [3.8, 4) is 5.88 Å². The van der Waals surface area contributed by atoms with E-state index in [0.29, 0.717) is 0 Å². The summed E-state index contributed by atoms with van der Waals surface area (Å²) in [5.74, 6) is -2.51. The molecule has 0 spiro atoms. The molecule has 0 fully saturated rings. The summed E-state index contributed by atoms with van der Waals surface area (Å²) in [5, 5.41) is 9.91. The molecular weight excluding hydrogens is 270 g/mol. The summed E-state index contributed by atoms with van der Waals surface area (Å²) < 4.78 is 26.8. The summed E-state index contributed by atoms with van der Waals surface area (Å²) in [5.41, 5.74) is -1.12. The molecule has 0 aliphatic heterocycles. The van der Waals surface area contributed by atoms with Crippen molar-refractivity contribution in [2.45, 2.75) is 19.9 Å². The first-order chi connectivity index (χ1) is 9.43. The van der Waals surface area contributed by atoms with Crippen molar-refractivity contribution in [3.05, 3.63) is 61.8 Å². The molecular formula is C13H12F2N2O3. The lowest BCUT2D eigenvalue weighted by molar-refractivity contribution is 0.401. The van der Waals surface area contributed by atoms with Crippen LogP contribution in [0, 0.1) is 11.6 Å². The largest absolute Gasteiger partial charge is 0.494 e. The van der Waals surface area contributed by atoms with E-state index in [2.05, 4.69) is 4.98 Å². The Hall–Kier alpha value is -2.44. The van der Waals surface area contributed by atoms with Gasteiger partial charge in [0.25, 0.3) is 5.56 Å². The van der Waals surface area contributed by atoms with Gasteiger partial charge in [0, 0.05) is 0 Å². The minimum Gasteiger partial charge on any atom is -0.494 e. The van der Waals surface area contributed by atoms with Crippen LogP contribution < -0.4 is 11.2 Å². The highest BCUT2D eigenvalue weighted by Crippen LogP contribution is 2.14. The van der Waals surface area contributed by atoms with Gasteiger partial charge < -0.3 is 5.11 Å². The Morgan fingerprint density at radius 3 is 2.55 bits per heavy atom. The first kappa shape index (κ1) is 14.0. The summed E-state index contributed by atoms with van der Waals surface area (Å²) in [4.78, 5) is 25.2. The lowest BCUT2D eigenvalue weighted by Gasteiger charge is -2.10. The van der Waals surface area contributed by atoms with Crippen molar-refractivity contribution < 1.29 is 13.9 Å². The Kier molecular flexibility index (Phi) is 3.69. The van der Waals surface area contributed by atoms with E-state index in [0.717, 1.165) is 16.7 Å². The van der Waals surface area contributed by atoms with Gasteiger partial charge >= 0.3 is 5.69 Å². The van der Waals surface area contributed by atoms with Crippen molar-refractivity contribution in [2.24, 2.45) is 0 Å². The monoisotopic (exact) mass is 282 g/mol. The van der Waals surface area contributed by atoms with Gasteiger partial charge in [0.1, 0.15) is 0 Å². The number of halogens is 2. The summed E-state index contributed by atoms with van der Waals surface area (Å²) >= 11 is 0. The van der Waals surface area contributed by atoms with Crippen LogP contribution in [0.5, 0.6) is 5.88 Å². The third-order valence-corrected chi connectivity index (χ3v) is 2.94. The average Bonchev–Trinajstić information content (AvgIpc) is 2.39. The normalized spacial score (nSPS) is 10.8. The number of aromatic hydroxyl groups is 1. The lowest BCUT2D eigenvalue weighted by Crippen LogP contribution is -2.32. The standard InChI is InChI=1S/C13H12F2N2O3/c1-2-8-11(18)16-13(20)17(12(8)19)6-7-3-4-9(14)10(15)5-7/h3-5,19H,2,6H2,1H3,(H,16,18,20). The van der Waals surface area contributed by atoms with E-state index in [1.807, 2.05) is 0 Å². The molecule has 0 amide bonds. The second-order valence-corrected chi connectivity index (χ2v) is 4.25. The first-order valence-corrected chi connectivity index (χ1v) is 5.93. The van der Waals surface area contributed by atoms with Crippen molar-refractivity contribution in [2.75, 3.05) is 0 Å². The van der Waals surface area contributed by atoms with Crippen molar-refractivity contribution in [1.29, 1.82) is 0 Å². The van der Waals surface area contributed by atoms with Crippen molar-refractivity contribution >= 4 is 0 Å². The van der Waals surface area contributed by atoms with Crippen LogP contribution >= 0.6 is 0 Å². The smallest absolute Gasteiger partial charge is 0.331 e. The third-order valence-electron chi connectivity index (χ3n) is 2.94. The molecule has 0 aliphatic carbocycles. The second kappa shape index (κ2) is 5.28. The molecule has 0 saturated heterocycles. The molecule has 5 nitrogen and oxygen atoms in total. The van der Waals surface area contributed by atoms with Gasteiger partial charge in [-0.1, -0.05) is 13.0 Å². The molecule has 1 aromatic carbocycles. The van der Waals surface area contributed by atoms with Crippen LogP contribution in [0.25, 0.3) is 0 Å². The molecule has 0 unspecified atom stereocenters. The van der Waals surface area contributed by atoms with Gasteiger partial charge in [0.15, 0.2) is 11.6 Å². The number of aromatic nitrogens is 2. The molecule has 0 saturated carbocycles. The second-order valence-electron chi connectivity index (χ2n) is 4.25. The minimum absolute atomic E-state index is 0.0622. The third kappa shape index (κ3) is 2.47. The zero-order valence-corrected chi connectivity index (χ0v) is 10.6. The van der Waals surface area contributed by atoms with E-state index in [-0.39, 0.29) is 24.1 Å². The molecule has 0 bridgehead atoms. The van der Waals surface area contributed by atoms with Gasteiger partial charge in [-0.25, -0.2) is 13.6 Å². The van der Waals surface area contributed by atoms with Gasteiger partial charge in [0.05, 0.1) is 12.1 Å². The van der Waals surface area contributed by atoms with Gasteiger partial charge in [0.2, 0.25) is 5.88 Å². The van der Waals surface area contributed by atoms with Crippen LogP contribution in [0.4, 0.5) is 8.78 Å². The number of hydrogen-bond acceptors (Lipinski definition) is 3. The lowest BCUT2D eigenvalue weighted by atomic mass is 10.2. The Balaban J connectivity index is 2.51. The fourth-order valence-electron chi connectivity index (χ4n) is 1.89. The molecule has 106 valence electrons. The van der Waals surface area contributed by atoms with Crippen LogP contribution in [0.2, 0.25) is 0 Å². The number of nitrogens with zero attached hydrogens (tertiary/aromatic N) is 1. The molecule has 0 atom stereocenters. The van der Waals surface area contributed by atoms with E-state index < -0.39 is 28.8 Å². The molecule has 1 heterocycles. The van der Waals surface area contributed by atoms with Crippen LogP contribution in [-0.4, -0.2) is 14.7 Å². The predicted molar refractivity (Wildman–Crippen MR) is 67.8 cm³/mol. The highest BCUT2D eigenvalue weighted by molar-refractivity contribution is 5.25. The molecule has 2 N–H and O–H groups in total. The molecule has 2 rings (SSSR count). The maximum atomic E-state index is 13.1. The number of benzene rings is 1. The Morgan fingerprint density at radius 1 is 1.25 bits per heavy atom. The molecule has 7 heteroatoms. The zero-order chi connectivity index (χ0) is 14.9. The molecule has 2 aromatic rings. The fourth-order valence-corrected chi connectivity index (χ4v) is 1.89. The average molecular weight is 282 g/mol. The summed E-state index contributed by atoms with van der Waals surface area (Å²) in [6.45, 7) is 1.47. The van der Waals surface area contributed by atoms with E-state index in [9.17, 15) is 23.5 Å². The van der Waals surface area contributed by atoms with Crippen LogP contribution in [0.1, 0.15) is 18.1 Å². The van der Waals surface area contributed by atoms with Crippen molar-refractivity contribution in [1.82, 2.24) is 9.55 Å². The molecule has 1 aromatic heterocycles. The zero-order valence-electron chi connectivity index (χ0n) is 10.6. The fraction of sp³-hybridized carbons (Fsp3) is 0.231. The number of hydrogen-bond donors (Lipinski definition) is 2. The quantitative estimate of drug-likeness (QED) is 0.886.